The fourth-order valence-electron chi connectivity index (χ4n) is 5.97. The lowest BCUT2D eigenvalue weighted by Crippen LogP contribution is -2.51. The first-order valence-corrected chi connectivity index (χ1v) is 9.49. The van der Waals surface area contributed by atoms with Crippen LogP contribution in [0.15, 0.2) is 11.6 Å². The summed E-state index contributed by atoms with van der Waals surface area (Å²) in [5, 5.41) is 0. The highest BCUT2D eigenvalue weighted by atomic mass is 16.5. The fourth-order valence-corrected chi connectivity index (χ4v) is 5.97. The smallest absolute Gasteiger partial charge is 0.334 e. The minimum atomic E-state index is -0.0774. The van der Waals surface area contributed by atoms with Gasteiger partial charge in [0.15, 0.2) is 0 Å². The monoisotopic (exact) mass is 332 g/mol. The predicted molar refractivity (Wildman–Crippen MR) is 89.0 cm³/mol. The van der Waals surface area contributed by atoms with Gasteiger partial charge in [-0.25, -0.2) is 4.79 Å². The van der Waals surface area contributed by atoms with Crippen molar-refractivity contribution >= 4 is 11.9 Å². The number of cyclic esters (lactones) is 2. The Labute approximate surface area is 144 Å². The Morgan fingerprint density at radius 1 is 1.25 bits per heavy atom. The highest BCUT2D eigenvalue weighted by Gasteiger charge is 2.60. The topological polar surface area (TPSA) is 52.6 Å². The number of esters is 2. The molecule has 132 valence electrons. The van der Waals surface area contributed by atoms with Gasteiger partial charge in [0.2, 0.25) is 0 Å². The van der Waals surface area contributed by atoms with Crippen LogP contribution in [-0.4, -0.2) is 25.2 Å². The van der Waals surface area contributed by atoms with Gasteiger partial charge in [-0.3, -0.25) is 4.79 Å². The summed E-state index contributed by atoms with van der Waals surface area (Å²) in [5.41, 5.74) is 1.13. The molecule has 4 heteroatoms. The number of rotatable bonds is 3. The van der Waals surface area contributed by atoms with Crippen LogP contribution in [0.5, 0.6) is 0 Å². The largest absolute Gasteiger partial charge is 0.465 e. The third-order valence-electron chi connectivity index (χ3n) is 7.66. The first-order valence-electron chi connectivity index (χ1n) is 9.49. The Morgan fingerprint density at radius 3 is 2.83 bits per heavy atom. The Hall–Kier alpha value is -1.32. The maximum atomic E-state index is 12.2. The number of allylic oxidation sites excluding steroid dienone is 1. The molecule has 0 bridgehead atoms. The lowest BCUT2D eigenvalue weighted by molar-refractivity contribution is -0.138. The van der Waals surface area contributed by atoms with Crippen molar-refractivity contribution in [2.24, 2.45) is 28.6 Å². The molecule has 1 spiro atoms. The zero-order valence-electron chi connectivity index (χ0n) is 14.8. The zero-order chi connectivity index (χ0) is 16.9. The molecular weight excluding hydrogens is 304 g/mol. The summed E-state index contributed by atoms with van der Waals surface area (Å²) in [5.74, 6) is 1.40. The summed E-state index contributed by atoms with van der Waals surface area (Å²) in [7, 11) is 0. The van der Waals surface area contributed by atoms with E-state index >= 15 is 0 Å². The molecule has 2 aliphatic carbocycles. The van der Waals surface area contributed by atoms with Crippen LogP contribution in [0.1, 0.15) is 58.8 Å². The van der Waals surface area contributed by atoms with Gasteiger partial charge >= 0.3 is 11.9 Å². The van der Waals surface area contributed by atoms with Crippen LogP contribution >= 0.6 is 0 Å². The molecule has 4 nitrogen and oxygen atoms in total. The molecule has 24 heavy (non-hydrogen) atoms. The molecule has 0 aromatic rings. The number of hydrogen-bond acceptors (Lipinski definition) is 4. The molecule has 0 unspecified atom stereocenters. The van der Waals surface area contributed by atoms with E-state index in [4.69, 9.17) is 9.47 Å². The van der Waals surface area contributed by atoms with E-state index in [9.17, 15) is 9.59 Å². The second kappa shape index (κ2) is 5.60. The second-order valence-electron chi connectivity index (χ2n) is 8.72. The Kier molecular flexibility index (Phi) is 3.77. The van der Waals surface area contributed by atoms with E-state index in [-0.39, 0.29) is 22.8 Å². The Morgan fingerprint density at radius 2 is 2.08 bits per heavy atom. The molecule has 0 aromatic heterocycles. The lowest BCUT2D eigenvalue weighted by atomic mass is 9.46. The zero-order valence-corrected chi connectivity index (χ0v) is 14.8. The van der Waals surface area contributed by atoms with Crippen LogP contribution < -0.4 is 0 Å². The highest BCUT2D eigenvalue weighted by molar-refractivity contribution is 5.92. The molecule has 3 fully saturated rings. The molecule has 0 radical (unpaired) electrons. The van der Waals surface area contributed by atoms with Gasteiger partial charge in [0.25, 0.3) is 0 Å². The summed E-state index contributed by atoms with van der Waals surface area (Å²) in [4.78, 5) is 23.6. The van der Waals surface area contributed by atoms with Crippen LogP contribution in [0, 0.1) is 28.6 Å². The van der Waals surface area contributed by atoms with Crippen molar-refractivity contribution < 1.29 is 19.1 Å². The van der Waals surface area contributed by atoms with E-state index in [0.717, 1.165) is 44.1 Å². The van der Waals surface area contributed by atoms with Crippen molar-refractivity contribution in [3.05, 3.63) is 11.6 Å². The molecule has 2 aliphatic heterocycles. The third-order valence-corrected chi connectivity index (χ3v) is 7.66. The summed E-state index contributed by atoms with van der Waals surface area (Å²) in [6, 6.07) is 0. The summed E-state index contributed by atoms with van der Waals surface area (Å²) < 4.78 is 10.6. The van der Waals surface area contributed by atoms with Gasteiger partial charge in [0, 0.05) is 16.9 Å². The summed E-state index contributed by atoms with van der Waals surface area (Å²) in [6.07, 6.45) is 9.26. The van der Waals surface area contributed by atoms with E-state index in [2.05, 4.69) is 19.9 Å². The molecule has 0 aromatic carbocycles. The number of hydrogen-bond donors (Lipinski definition) is 0. The van der Waals surface area contributed by atoms with E-state index in [0.29, 0.717) is 37.4 Å². The Bertz CT molecular complexity index is 594. The van der Waals surface area contributed by atoms with Crippen molar-refractivity contribution in [3.63, 3.8) is 0 Å². The average Bonchev–Trinajstić information content (AvgIpc) is 3.13. The van der Waals surface area contributed by atoms with E-state index in [1.807, 2.05) is 0 Å². The number of carbonyl (C=O) groups is 2. The summed E-state index contributed by atoms with van der Waals surface area (Å²) >= 11 is 0. The molecule has 0 amide bonds. The van der Waals surface area contributed by atoms with Gasteiger partial charge in [-0.2, -0.15) is 0 Å². The van der Waals surface area contributed by atoms with Gasteiger partial charge < -0.3 is 9.47 Å². The van der Waals surface area contributed by atoms with E-state index in [1.54, 1.807) is 0 Å². The molecular formula is C20H28O4. The van der Waals surface area contributed by atoms with Crippen molar-refractivity contribution in [2.45, 2.75) is 58.8 Å². The highest BCUT2D eigenvalue weighted by Crippen LogP contribution is 2.64. The van der Waals surface area contributed by atoms with Crippen LogP contribution in [0.3, 0.4) is 0 Å². The van der Waals surface area contributed by atoms with Gasteiger partial charge in [0.1, 0.15) is 6.61 Å². The van der Waals surface area contributed by atoms with Crippen LogP contribution in [0.25, 0.3) is 0 Å². The Balaban J connectivity index is 1.58. The minimum absolute atomic E-state index is 0.0431. The molecule has 4 aliphatic rings. The molecule has 5 atom stereocenters. The van der Waals surface area contributed by atoms with Gasteiger partial charge in [-0.05, 0) is 55.8 Å². The quantitative estimate of drug-likeness (QED) is 0.740. The van der Waals surface area contributed by atoms with Crippen LogP contribution in [0.2, 0.25) is 0 Å². The molecule has 4 rings (SSSR count). The van der Waals surface area contributed by atoms with Gasteiger partial charge in [-0.15, -0.1) is 0 Å². The fraction of sp³-hybridized carbons (Fsp3) is 0.800. The molecule has 1 saturated carbocycles. The maximum absolute atomic E-state index is 12.2. The maximum Gasteiger partial charge on any atom is 0.334 e. The van der Waals surface area contributed by atoms with Gasteiger partial charge in [0.05, 0.1) is 13.0 Å². The van der Waals surface area contributed by atoms with Crippen molar-refractivity contribution in [3.8, 4) is 0 Å². The second-order valence-corrected chi connectivity index (χ2v) is 8.72. The van der Waals surface area contributed by atoms with E-state index < -0.39 is 0 Å². The standard InChI is InChI=1S/C20H28O4/c1-13-6-9-20-12-24-18(22)15(20)4-3-5-16(20)19(13,2)8-7-14-10-17(21)23-11-14/h4,13-14,16H,3,5-12H2,1-2H3/t13-,14-,16-,19+,20-/m1/s1. The van der Waals surface area contributed by atoms with Crippen molar-refractivity contribution in [1.29, 1.82) is 0 Å². The first kappa shape index (κ1) is 16.2. The minimum Gasteiger partial charge on any atom is -0.465 e. The first-order chi connectivity index (χ1) is 11.5. The number of carbonyl (C=O) groups excluding carboxylic acids is 2. The molecule has 0 N–H and O–H groups in total. The van der Waals surface area contributed by atoms with E-state index in [1.165, 1.54) is 0 Å². The van der Waals surface area contributed by atoms with Crippen LogP contribution in [-0.2, 0) is 19.1 Å². The molecule has 2 saturated heterocycles. The normalized spacial score (nSPS) is 44.4. The molecule has 2 heterocycles. The summed E-state index contributed by atoms with van der Waals surface area (Å²) in [6.45, 7) is 5.97. The van der Waals surface area contributed by atoms with Gasteiger partial charge in [-0.1, -0.05) is 19.9 Å². The SMILES string of the molecule is C[C@@H]1CC[C@@]23COC(=O)C2=CCC[C@@H]3[C@@]1(C)CC[C@H]1COC(=O)C1. The lowest BCUT2D eigenvalue weighted by Gasteiger charge is -2.56. The van der Waals surface area contributed by atoms with Crippen molar-refractivity contribution in [1.82, 2.24) is 0 Å². The number of ether oxygens (including phenoxy) is 2. The third kappa shape index (κ3) is 2.25. The van der Waals surface area contributed by atoms with Crippen molar-refractivity contribution in [2.75, 3.05) is 13.2 Å². The average molecular weight is 332 g/mol. The predicted octanol–water partition coefficient (Wildman–Crippen LogP) is 3.65. The van der Waals surface area contributed by atoms with Crippen LogP contribution in [0.4, 0.5) is 0 Å².